The maximum absolute atomic E-state index is 12.3. The quantitative estimate of drug-likeness (QED) is 0.874. The van der Waals surface area contributed by atoms with E-state index in [9.17, 15) is 4.21 Å². The molecule has 0 aliphatic heterocycles. The van der Waals surface area contributed by atoms with Gasteiger partial charge in [0.25, 0.3) is 0 Å². The van der Waals surface area contributed by atoms with Crippen LogP contribution >= 0.6 is 0 Å². The SMILES string of the molecule is CNC(C)C(C)S(=O)c1ccc(C(C)C)cc1. The molecular weight excluding hydrogens is 230 g/mol. The Morgan fingerprint density at radius 2 is 1.59 bits per heavy atom. The molecule has 0 amide bonds. The van der Waals surface area contributed by atoms with Crippen molar-refractivity contribution in [1.29, 1.82) is 0 Å². The van der Waals surface area contributed by atoms with Crippen LogP contribution in [-0.2, 0) is 10.8 Å². The molecule has 0 fully saturated rings. The first kappa shape index (κ1) is 14.4. The van der Waals surface area contributed by atoms with E-state index < -0.39 is 10.8 Å². The molecule has 0 aromatic heterocycles. The van der Waals surface area contributed by atoms with Gasteiger partial charge >= 0.3 is 0 Å². The van der Waals surface area contributed by atoms with Crippen LogP contribution in [0.25, 0.3) is 0 Å². The van der Waals surface area contributed by atoms with Crippen LogP contribution in [0.5, 0.6) is 0 Å². The lowest BCUT2D eigenvalue weighted by molar-refractivity contribution is 0.584. The Labute approximate surface area is 107 Å². The van der Waals surface area contributed by atoms with E-state index >= 15 is 0 Å². The van der Waals surface area contributed by atoms with Crippen molar-refractivity contribution < 1.29 is 4.21 Å². The summed E-state index contributed by atoms with van der Waals surface area (Å²) in [7, 11) is 0.961. The van der Waals surface area contributed by atoms with Gasteiger partial charge in [-0.2, -0.15) is 0 Å². The topological polar surface area (TPSA) is 29.1 Å². The monoisotopic (exact) mass is 253 g/mol. The van der Waals surface area contributed by atoms with Gasteiger partial charge < -0.3 is 5.32 Å². The molecule has 0 saturated heterocycles. The van der Waals surface area contributed by atoms with E-state index in [-0.39, 0.29) is 11.3 Å². The molecule has 17 heavy (non-hydrogen) atoms. The third kappa shape index (κ3) is 3.65. The molecule has 1 aromatic carbocycles. The normalized spacial score (nSPS) is 16.8. The third-order valence-electron chi connectivity index (χ3n) is 3.28. The Balaban J connectivity index is 2.83. The van der Waals surface area contributed by atoms with Gasteiger partial charge in [-0.3, -0.25) is 4.21 Å². The highest BCUT2D eigenvalue weighted by Crippen LogP contribution is 2.19. The maximum atomic E-state index is 12.3. The van der Waals surface area contributed by atoms with Crippen LogP contribution in [0.4, 0.5) is 0 Å². The minimum Gasteiger partial charge on any atom is -0.316 e. The predicted molar refractivity (Wildman–Crippen MR) is 74.9 cm³/mol. The summed E-state index contributed by atoms with van der Waals surface area (Å²) in [6, 6.07) is 8.39. The van der Waals surface area contributed by atoms with Crippen LogP contribution in [0.3, 0.4) is 0 Å². The van der Waals surface area contributed by atoms with Crippen LogP contribution in [-0.4, -0.2) is 22.5 Å². The Morgan fingerprint density at radius 3 is 2.00 bits per heavy atom. The Hall–Kier alpha value is -0.670. The molecule has 0 heterocycles. The summed E-state index contributed by atoms with van der Waals surface area (Å²) in [6.45, 7) is 8.41. The summed E-state index contributed by atoms with van der Waals surface area (Å²) in [6.07, 6.45) is 0. The van der Waals surface area contributed by atoms with Crippen LogP contribution in [0, 0.1) is 0 Å². The zero-order chi connectivity index (χ0) is 13.0. The molecule has 2 nitrogen and oxygen atoms in total. The fraction of sp³-hybridized carbons (Fsp3) is 0.571. The number of rotatable bonds is 5. The van der Waals surface area contributed by atoms with Gasteiger partial charge in [-0.1, -0.05) is 26.0 Å². The van der Waals surface area contributed by atoms with Crippen molar-refractivity contribution in [2.75, 3.05) is 7.05 Å². The first-order valence-corrected chi connectivity index (χ1v) is 7.36. The van der Waals surface area contributed by atoms with E-state index in [0.717, 1.165) is 4.90 Å². The van der Waals surface area contributed by atoms with Gasteiger partial charge in [0, 0.05) is 10.9 Å². The minimum absolute atomic E-state index is 0.116. The van der Waals surface area contributed by atoms with Crippen molar-refractivity contribution in [2.45, 2.75) is 49.8 Å². The van der Waals surface area contributed by atoms with Gasteiger partial charge in [0.1, 0.15) is 0 Å². The number of nitrogens with one attached hydrogen (secondary N) is 1. The van der Waals surface area contributed by atoms with Gasteiger partial charge in [0.05, 0.1) is 16.0 Å². The molecule has 3 unspecified atom stereocenters. The molecule has 0 radical (unpaired) electrons. The molecule has 1 aromatic rings. The summed E-state index contributed by atoms with van der Waals surface area (Å²) >= 11 is 0. The van der Waals surface area contributed by atoms with Crippen molar-refractivity contribution in [3.63, 3.8) is 0 Å². The lowest BCUT2D eigenvalue weighted by atomic mass is 10.0. The largest absolute Gasteiger partial charge is 0.316 e. The van der Waals surface area contributed by atoms with Crippen molar-refractivity contribution in [3.05, 3.63) is 29.8 Å². The fourth-order valence-corrected chi connectivity index (χ4v) is 2.96. The highest BCUT2D eigenvalue weighted by atomic mass is 32.2. The number of hydrogen-bond acceptors (Lipinski definition) is 2. The first-order valence-electron chi connectivity index (χ1n) is 6.15. The zero-order valence-electron chi connectivity index (χ0n) is 11.4. The fourth-order valence-electron chi connectivity index (χ4n) is 1.62. The smallest absolute Gasteiger partial charge is 0.0573 e. The van der Waals surface area contributed by atoms with Crippen LogP contribution in [0.1, 0.15) is 39.2 Å². The minimum atomic E-state index is -0.942. The van der Waals surface area contributed by atoms with Crippen molar-refractivity contribution in [3.8, 4) is 0 Å². The second-order valence-electron chi connectivity index (χ2n) is 4.80. The summed E-state index contributed by atoms with van der Waals surface area (Å²) in [5.41, 5.74) is 1.29. The average molecular weight is 253 g/mol. The van der Waals surface area contributed by atoms with Crippen LogP contribution in [0.2, 0.25) is 0 Å². The molecule has 0 spiro atoms. The molecule has 0 saturated carbocycles. The van der Waals surface area contributed by atoms with E-state index in [1.165, 1.54) is 5.56 Å². The maximum Gasteiger partial charge on any atom is 0.0573 e. The number of benzene rings is 1. The van der Waals surface area contributed by atoms with Gasteiger partial charge in [0.15, 0.2) is 0 Å². The highest BCUT2D eigenvalue weighted by Gasteiger charge is 2.18. The van der Waals surface area contributed by atoms with Crippen molar-refractivity contribution in [2.24, 2.45) is 0 Å². The number of hydrogen-bond donors (Lipinski definition) is 1. The second-order valence-corrected chi connectivity index (χ2v) is 6.61. The Bertz CT molecular complexity index is 372. The summed E-state index contributed by atoms with van der Waals surface area (Å²) < 4.78 is 12.3. The van der Waals surface area contributed by atoms with E-state index in [1.54, 1.807) is 0 Å². The van der Waals surface area contributed by atoms with Crippen molar-refractivity contribution in [1.82, 2.24) is 5.32 Å². The second kappa shape index (κ2) is 6.31. The lowest BCUT2D eigenvalue weighted by Crippen LogP contribution is -2.35. The lowest BCUT2D eigenvalue weighted by Gasteiger charge is -2.19. The average Bonchev–Trinajstić information content (AvgIpc) is 2.36. The third-order valence-corrected chi connectivity index (χ3v) is 5.10. The molecule has 3 heteroatoms. The Morgan fingerprint density at radius 1 is 1.06 bits per heavy atom. The van der Waals surface area contributed by atoms with E-state index in [1.807, 2.05) is 26.1 Å². The molecule has 0 bridgehead atoms. The summed E-state index contributed by atoms with van der Waals surface area (Å²) in [5, 5.41) is 3.27. The molecule has 3 atom stereocenters. The summed E-state index contributed by atoms with van der Waals surface area (Å²) in [5.74, 6) is 0.520. The van der Waals surface area contributed by atoms with E-state index in [0.29, 0.717) is 5.92 Å². The van der Waals surface area contributed by atoms with E-state index in [2.05, 4.69) is 38.2 Å². The summed E-state index contributed by atoms with van der Waals surface area (Å²) in [4.78, 5) is 0.920. The van der Waals surface area contributed by atoms with Gasteiger partial charge in [-0.15, -0.1) is 0 Å². The molecule has 1 N–H and O–H groups in total. The van der Waals surface area contributed by atoms with E-state index in [4.69, 9.17) is 0 Å². The van der Waals surface area contributed by atoms with Crippen LogP contribution in [0.15, 0.2) is 29.2 Å². The van der Waals surface area contributed by atoms with Crippen molar-refractivity contribution >= 4 is 10.8 Å². The molecule has 0 aliphatic rings. The Kier molecular flexibility index (Phi) is 5.34. The predicted octanol–water partition coefficient (Wildman–Crippen LogP) is 2.91. The van der Waals surface area contributed by atoms with Crippen LogP contribution < -0.4 is 5.32 Å². The highest BCUT2D eigenvalue weighted by molar-refractivity contribution is 7.85. The molecular formula is C14H23NOS. The van der Waals surface area contributed by atoms with Gasteiger partial charge in [-0.25, -0.2) is 0 Å². The standard InChI is InChI=1S/C14H23NOS/c1-10(2)13-6-8-14(9-7-13)17(16)12(4)11(3)15-5/h6-12,15H,1-5H3. The molecule has 1 rings (SSSR count). The van der Waals surface area contributed by atoms with Gasteiger partial charge in [-0.05, 0) is 44.5 Å². The molecule has 0 aliphatic carbocycles. The first-order chi connectivity index (χ1) is 7.97. The molecule has 96 valence electrons. The van der Waals surface area contributed by atoms with Gasteiger partial charge in [0.2, 0.25) is 0 Å². The zero-order valence-corrected chi connectivity index (χ0v) is 12.2.